The zero-order valence-corrected chi connectivity index (χ0v) is 17.1. The molecule has 1 saturated heterocycles. The SMILES string of the molecule is CCCCCC1(C#N)CCC(c2ccc(C3OCC(CC)CO3)cc2)CC1. The fourth-order valence-corrected chi connectivity index (χ4v) is 4.53. The van der Waals surface area contributed by atoms with Crippen LogP contribution in [0.15, 0.2) is 24.3 Å². The van der Waals surface area contributed by atoms with E-state index < -0.39 is 0 Å². The quantitative estimate of drug-likeness (QED) is 0.515. The molecule has 0 radical (unpaired) electrons. The number of hydrogen-bond acceptors (Lipinski definition) is 3. The lowest BCUT2D eigenvalue weighted by Gasteiger charge is -2.35. The first-order chi connectivity index (χ1) is 13.2. The molecule has 148 valence electrons. The second-order valence-corrected chi connectivity index (χ2v) is 8.56. The first-order valence-electron chi connectivity index (χ1n) is 10.9. The van der Waals surface area contributed by atoms with Crippen LogP contribution in [-0.2, 0) is 9.47 Å². The summed E-state index contributed by atoms with van der Waals surface area (Å²) in [6, 6.07) is 11.5. The van der Waals surface area contributed by atoms with E-state index in [0.717, 1.165) is 57.3 Å². The second kappa shape index (κ2) is 9.71. The third-order valence-corrected chi connectivity index (χ3v) is 6.66. The van der Waals surface area contributed by atoms with E-state index in [0.29, 0.717) is 11.8 Å². The van der Waals surface area contributed by atoms with Crippen molar-refractivity contribution < 1.29 is 9.47 Å². The Balaban J connectivity index is 1.53. The van der Waals surface area contributed by atoms with Gasteiger partial charge in [0.2, 0.25) is 0 Å². The van der Waals surface area contributed by atoms with Crippen molar-refractivity contribution in [1.82, 2.24) is 0 Å². The van der Waals surface area contributed by atoms with Gasteiger partial charge >= 0.3 is 0 Å². The van der Waals surface area contributed by atoms with Crippen LogP contribution >= 0.6 is 0 Å². The summed E-state index contributed by atoms with van der Waals surface area (Å²) in [6.45, 7) is 5.99. The molecule has 3 heteroatoms. The number of benzene rings is 1. The Hall–Kier alpha value is -1.37. The van der Waals surface area contributed by atoms with Crippen LogP contribution in [0, 0.1) is 22.7 Å². The van der Waals surface area contributed by atoms with Gasteiger partial charge in [-0.3, -0.25) is 0 Å². The minimum atomic E-state index is -0.210. The molecular weight excluding hydrogens is 334 g/mol. The molecule has 1 aliphatic heterocycles. The highest BCUT2D eigenvalue weighted by atomic mass is 16.7. The molecule has 2 aliphatic rings. The Morgan fingerprint density at radius 2 is 1.63 bits per heavy atom. The van der Waals surface area contributed by atoms with Crippen molar-refractivity contribution in [3.05, 3.63) is 35.4 Å². The standard InChI is InChI=1S/C24H35NO2/c1-3-5-6-13-24(18-25)14-11-21(12-15-24)20-7-9-22(10-8-20)23-26-16-19(4-2)17-27-23/h7-10,19,21,23H,3-6,11-17H2,1-2H3. The van der Waals surface area contributed by atoms with Gasteiger partial charge in [-0.05, 0) is 50.0 Å². The molecule has 3 rings (SSSR count). The molecule has 0 unspecified atom stereocenters. The summed E-state index contributed by atoms with van der Waals surface area (Å²) >= 11 is 0. The number of nitrogens with zero attached hydrogens (tertiary/aromatic N) is 1. The highest BCUT2D eigenvalue weighted by Gasteiger charge is 2.35. The van der Waals surface area contributed by atoms with Crippen molar-refractivity contribution in [3.8, 4) is 6.07 Å². The maximum atomic E-state index is 9.74. The largest absolute Gasteiger partial charge is 0.348 e. The van der Waals surface area contributed by atoms with Crippen LogP contribution < -0.4 is 0 Å². The summed E-state index contributed by atoms with van der Waals surface area (Å²) in [5.74, 6) is 1.12. The van der Waals surface area contributed by atoms with Crippen molar-refractivity contribution in [2.24, 2.45) is 11.3 Å². The average Bonchev–Trinajstić information content (AvgIpc) is 2.75. The van der Waals surface area contributed by atoms with E-state index in [1.54, 1.807) is 0 Å². The predicted octanol–water partition coefficient (Wildman–Crippen LogP) is 6.51. The summed E-state index contributed by atoms with van der Waals surface area (Å²) in [6.07, 6.45) is 10.0. The molecule has 1 aromatic carbocycles. The lowest BCUT2D eigenvalue weighted by molar-refractivity contribution is -0.205. The number of unbranched alkanes of at least 4 members (excludes halogenated alkanes) is 2. The smallest absolute Gasteiger partial charge is 0.183 e. The van der Waals surface area contributed by atoms with E-state index in [2.05, 4.69) is 44.2 Å². The van der Waals surface area contributed by atoms with Crippen LogP contribution in [-0.4, -0.2) is 13.2 Å². The third-order valence-electron chi connectivity index (χ3n) is 6.66. The number of hydrogen-bond donors (Lipinski definition) is 0. The number of ether oxygens (including phenoxy) is 2. The van der Waals surface area contributed by atoms with Gasteiger partial charge < -0.3 is 9.47 Å². The van der Waals surface area contributed by atoms with E-state index in [1.807, 2.05) is 0 Å². The highest BCUT2D eigenvalue weighted by molar-refractivity contribution is 5.27. The Morgan fingerprint density at radius 1 is 1.00 bits per heavy atom. The number of nitriles is 1. The van der Waals surface area contributed by atoms with E-state index in [-0.39, 0.29) is 11.7 Å². The molecule has 0 amide bonds. The van der Waals surface area contributed by atoms with Gasteiger partial charge in [-0.15, -0.1) is 0 Å². The summed E-state index contributed by atoms with van der Waals surface area (Å²) in [5, 5.41) is 9.74. The maximum Gasteiger partial charge on any atom is 0.183 e. The van der Waals surface area contributed by atoms with Gasteiger partial charge in [0.05, 0.1) is 24.7 Å². The zero-order valence-electron chi connectivity index (χ0n) is 17.1. The van der Waals surface area contributed by atoms with Crippen LogP contribution in [0.4, 0.5) is 0 Å². The number of rotatable bonds is 7. The van der Waals surface area contributed by atoms with Gasteiger partial charge in [0.1, 0.15) is 0 Å². The van der Waals surface area contributed by atoms with Crippen LogP contribution in [0.1, 0.15) is 95.0 Å². The van der Waals surface area contributed by atoms with Gasteiger partial charge in [-0.25, -0.2) is 0 Å². The maximum absolute atomic E-state index is 9.74. The fraction of sp³-hybridized carbons (Fsp3) is 0.708. The van der Waals surface area contributed by atoms with Crippen molar-refractivity contribution in [3.63, 3.8) is 0 Å². The van der Waals surface area contributed by atoms with Crippen LogP contribution in [0.2, 0.25) is 0 Å². The van der Waals surface area contributed by atoms with Gasteiger partial charge in [0.15, 0.2) is 6.29 Å². The zero-order chi connectivity index (χ0) is 19.1. The Bertz CT molecular complexity index is 602. The van der Waals surface area contributed by atoms with Crippen LogP contribution in [0.3, 0.4) is 0 Å². The van der Waals surface area contributed by atoms with E-state index in [1.165, 1.54) is 24.8 Å². The van der Waals surface area contributed by atoms with Crippen LogP contribution in [0.5, 0.6) is 0 Å². The van der Waals surface area contributed by atoms with Crippen molar-refractivity contribution in [2.45, 2.75) is 83.8 Å². The molecule has 2 fully saturated rings. The Morgan fingerprint density at radius 3 is 2.19 bits per heavy atom. The topological polar surface area (TPSA) is 42.2 Å². The third kappa shape index (κ3) is 5.12. The van der Waals surface area contributed by atoms with Crippen molar-refractivity contribution >= 4 is 0 Å². The lowest BCUT2D eigenvalue weighted by Crippen LogP contribution is -2.26. The lowest BCUT2D eigenvalue weighted by atomic mass is 9.67. The minimum absolute atomic E-state index is 0.0643. The molecule has 1 aromatic rings. The molecule has 27 heavy (non-hydrogen) atoms. The molecule has 0 N–H and O–H groups in total. The minimum Gasteiger partial charge on any atom is -0.348 e. The van der Waals surface area contributed by atoms with E-state index in [4.69, 9.17) is 9.47 Å². The predicted molar refractivity (Wildman–Crippen MR) is 108 cm³/mol. The Kier molecular flexibility index (Phi) is 7.33. The second-order valence-electron chi connectivity index (χ2n) is 8.56. The molecule has 3 nitrogen and oxygen atoms in total. The molecule has 1 saturated carbocycles. The summed E-state index contributed by atoms with van der Waals surface area (Å²) < 4.78 is 11.8. The Labute approximate surface area is 165 Å². The fourth-order valence-electron chi connectivity index (χ4n) is 4.53. The molecule has 0 spiro atoms. The normalized spacial score (nSPS) is 31.4. The average molecular weight is 370 g/mol. The molecule has 0 bridgehead atoms. The van der Waals surface area contributed by atoms with Gasteiger partial charge in [0.25, 0.3) is 0 Å². The molecule has 0 aromatic heterocycles. The van der Waals surface area contributed by atoms with E-state index in [9.17, 15) is 5.26 Å². The monoisotopic (exact) mass is 369 g/mol. The van der Waals surface area contributed by atoms with E-state index >= 15 is 0 Å². The molecule has 1 heterocycles. The summed E-state index contributed by atoms with van der Waals surface area (Å²) in [7, 11) is 0. The van der Waals surface area contributed by atoms with Gasteiger partial charge in [-0.1, -0.05) is 57.4 Å². The molecular formula is C24H35NO2. The van der Waals surface area contributed by atoms with Crippen LogP contribution in [0.25, 0.3) is 0 Å². The van der Waals surface area contributed by atoms with Crippen molar-refractivity contribution in [1.29, 1.82) is 5.26 Å². The van der Waals surface area contributed by atoms with Crippen molar-refractivity contribution in [2.75, 3.05) is 13.2 Å². The first-order valence-corrected chi connectivity index (χ1v) is 10.9. The summed E-state index contributed by atoms with van der Waals surface area (Å²) in [4.78, 5) is 0. The van der Waals surface area contributed by atoms with Gasteiger partial charge in [-0.2, -0.15) is 5.26 Å². The molecule has 1 aliphatic carbocycles. The molecule has 0 atom stereocenters. The highest BCUT2D eigenvalue weighted by Crippen LogP contribution is 2.45. The van der Waals surface area contributed by atoms with Gasteiger partial charge in [0, 0.05) is 11.5 Å². The summed E-state index contributed by atoms with van der Waals surface area (Å²) in [5.41, 5.74) is 2.46. The first kappa shape index (κ1) is 20.4.